The second-order valence-corrected chi connectivity index (χ2v) is 3.91. The summed E-state index contributed by atoms with van der Waals surface area (Å²) < 4.78 is 0. The molecule has 0 atom stereocenters. The molecule has 1 aliphatic heterocycles. The van der Waals surface area contributed by atoms with Gasteiger partial charge in [-0.2, -0.15) is 0 Å². The summed E-state index contributed by atoms with van der Waals surface area (Å²) in [5.74, 6) is -2.07. The maximum absolute atomic E-state index is 11.3. The zero-order chi connectivity index (χ0) is 13.3. The number of nitrogen functional groups attached to an aromatic ring is 1. The SMILES string of the molecule is Nc1ccc(C(=O)O)c(N2CC(=O)NC(=O)C2)c1. The van der Waals surface area contributed by atoms with E-state index in [2.05, 4.69) is 5.32 Å². The van der Waals surface area contributed by atoms with Crippen LogP contribution in [0.25, 0.3) is 0 Å². The summed E-state index contributed by atoms with van der Waals surface area (Å²) in [5.41, 5.74) is 6.24. The Morgan fingerprint density at radius 2 is 1.89 bits per heavy atom. The molecule has 94 valence electrons. The number of hydrogen-bond donors (Lipinski definition) is 3. The van der Waals surface area contributed by atoms with Crippen molar-refractivity contribution in [1.29, 1.82) is 0 Å². The van der Waals surface area contributed by atoms with E-state index >= 15 is 0 Å². The van der Waals surface area contributed by atoms with Crippen molar-refractivity contribution >= 4 is 29.2 Å². The molecule has 0 bridgehead atoms. The number of rotatable bonds is 2. The smallest absolute Gasteiger partial charge is 0.337 e. The third-order valence-electron chi connectivity index (χ3n) is 2.54. The number of anilines is 2. The maximum Gasteiger partial charge on any atom is 0.337 e. The molecule has 0 spiro atoms. The van der Waals surface area contributed by atoms with Crippen molar-refractivity contribution in [2.24, 2.45) is 0 Å². The molecule has 1 saturated heterocycles. The standard InChI is InChI=1S/C11H11N3O4/c12-6-1-2-7(11(17)18)8(3-6)14-4-9(15)13-10(16)5-14/h1-3H,4-5,12H2,(H,17,18)(H,13,15,16). The summed E-state index contributed by atoms with van der Waals surface area (Å²) in [6, 6.07) is 4.25. The highest BCUT2D eigenvalue weighted by molar-refractivity contribution is 6.04. The lowest BCUT2D eigenvalue weighted by atomic mass is 10.1. The molecule has 0 aromatic heterocycles. The molecule has 1 aromatic rings. The molecule has 1 aromatic carbocycles. The minimum Gasteiger partial charge on any atom is -0.478 e. The first-order valence-corrected chi connectivity index (χ1v) is 5.18. The highest BCUT2D eigenvalue weighted by Gasteiger charge is 2.25. The number of carbonyl (C=O) groups is 3. The second-order valence-electron chi connectivity index (χ2n) is 3.91. The van der Waals surface area contributed by atoms with Gasteiger partial charge < -0.3 is 15.7 Å². The molecular formula is C11H11N3O4. The zero-order valence-corrected chi connectivity index (χ0v) is 9.34. The summed E-state index contributed by atoms with van der Waals surface area (Å²) in [6.45, 7) is -0.148. The van der Waals surface area contributed by atoms with Gasteiger partial charge in [0, 0.05) is 5.69 Å². The number of aromatic carboxylic acids is 1. The van der Waals surface area contributed by atoms with Crippen molar-refractivity contribution in [2.75, 3.05) is 23.7 Å². The predicted octanol–water partition coefficient (Wildman–Crippen LogP) is -0.570. The third-order valence-corrected chi connectivity index (χ3v) is 2.54. The Morgan fingerprint density at radius 1 is 1.28 bits per heavy atom. The van der Waals surface area contributed by atoms with Gasteiger partial charge in [0.25, 0.3) is 0 Å². The number of nitrogens with two attached hydrogens (primary N) is 1. The van der Waals surface area contributed by atoms with Gasteiger partial charge in [0.2, 0.25) is 11.8 Å². The number of nitrogens with one attached hydrogen (secondary N) is 1. The highest BCUT2D eigenvalue weighted by atomic mass is 16.4. The number of carbonyl (C=O) groups excluding carboxylic acids is 2. The van der Waals surface area contributed by atoms with Crippen LogP contribution >= 0.6 is 0 Å². The number of carboxylic acid groups (broad SMARTS) is 1. The molecule has 2 amide bonds. The summed E-state index contributed by atoms with van der Waals surface area (Å²) >= 11 is 0. The second kappa shape index (κ2) is 4.36. The molecule has 2 rings (SSSR count). The van der Waals surface area contributed by atoms with Gasteiger partial charge in [-0.05, 0) is 18.2 Å². The molecule has 18 heavy (non-hydrogen) atoms. The van der Waals surface area contributed by atoms with Gasteiger partial charge in [-0.15, -0.1) is 0 Å². The van der Waals surface area contributed by atoms with Crippen molar-refractivity contribution in [3.8, 4) is 0 Å². The minimum atomic E-state index is -1.14. The summed E-state index contributed by atoms with van der Waals surface area (Å²) in [5, 5.41) is 11.2. The first-order valence-electron chi connectivity index (χ1n) is 5.18. The fraction of sp³-hybridized carbons (Fsp3) is 0.182. The number of nitrogens with zero attached hydrogens (tertiary/aromatic N) is 1. The van der Waals surface area contributed by atoms with E-state index in [1.54, 1.807) is 0 Å². The number of amides is 2. The van der Waals surface area contributed by atoms with Gasteiger partial charge in [0.05, 0.1) is 24.3 Å². The molecule has 7 nitrogen and oxygen atoms in total. The van der Waals surface area contributed by atoms with Crippen LogP contribution in [0, 0.1) is 0 Å². The van der Waals surface area contributed by atoms with Crippen LogP contribution in [0.15, 0.2) is 18.2 Å². The molecule has 0 unspecified atom stereocenters. The van der Waals surface area contributed by atoms with E-state index in [4.69, 9.17) is 10.8 Å². The van der Waals surface area contributed by atoms with Crippen LogP contribution < -0.4 is 16.0 Å². The molecule has 1 fully saturated rings. The van der Waals surface area contributed by atoms with Crippen LogP contribution in [0.3, 0.4) is 0 Å². The van der Waals surface area contributed by atoms with Gasteiger partial charge in [-0.1, -0.05) is 0 Å². The zero-order valence-electron chi connectivity index (χ0n) is 9.34. The Bertz CT molecular complexity index is 525. The van der Waals surface area contributed by atoms with Crippen molar-refractivity contribution < 1.29 is 19.5 Å². The lowest BCUT2D eigenvalue weighted by Crippen LogP contribution is -2.51. The van der Waals surface area contributed by atoms with Crippen LogP contribution in [0.1, 0.15) is 10.4 Å². The fourth-order valence-electron chi connectivity index (χ4n) is 1.80. The minimum absolute atomic E-state index is 0.00620. The van der Waals surface area contributed by atoms with Crippen molar-refractivity contribution in [1.82, 2.24) is 5.32 Å². The van der Waals surface area contributed by atoms with Gasteiger partial charge in [0.1, 0.15) is 0 Å². The monoisotopic (exact) mass is 249 g/mol. The van der Waals surface area contributed by atoms with E-state index in [9.17, 15) is 14.4 Å². The molecule has 0 aliphatic carbocycles. The van der Waals surface area contributed by atoms with Crippen molar-refractivity contribution in [3.05, 3.63) is 23.8 Å². The Hall–Kier alpha value is -2.57. The first kappa shape index (κ1) is 11.9. The number of carboxylic acids is 1. The van der Waals surface area contributed by atoms with E-state index in [1.165, 1.54) is 23.1 Å². The Balaban J connectivity index is 2.42. The summed E-state index contributed by atoms with van der Waals surface area (Å²) in [6.07, 6.45) is 0. The third kappa shape index (κ3) is 2.24. The van der Waals surface area contributed by atoms with E-state index in [0.717, 1.165) is 0 Å². The Kier molecular flexibility index (Phi) is 2.88. The molecule has 1 heterocycles. The van der Waals surface area contributed by atoms with Crippen LogP contribution in [0.2, 0.25) is 0 Å². The lowest BCUT2D eigenvalue weighted by Gasteiger charge is -2.28. The number of piperazine rings is 1. The van der Waals surface area contributed by atoms with E-state index in [-0.39, 0.29) is 24.3 Å². The van der Waals surface area contributed by atoms with Crippen molar-refractivity contribution in [2.45, 2.75) is 0 Å². The van der Waals surface area contributed by atoms with Crippen LogP contribution in [0.5, 0.6) is 0 Å². The topological polar surface area (TPSA) is 113 Å². The molecular weight excluding hydrogens is 238 g/mol. The van der Waals surface area contributed by atoms with E-state index in [1.807, 2.05) is 0 Å². The highest BCUT2D eigenvalue weighted by Crippen LogP contribution is 2.24. The van der Waals surface area contributed by atoms with E-state index in [0.29, 0.717) is 5.69 Å². The lowest BCUT2D eigenvalue weighted by molar-refractivity contribution is -0.130. The number of hydrogen-bond acceptors (Lipinski definition) is 5. The van der Waals surface area contributed by atoms with Crippen LogP contribution in [-0.4, -0.2) is 36.0 Å². The Morgan fingerprint density at radius 3 is 2.44 bits per heavy atom. The quantitative estimate of drug-likeness (QED) is 0.478. The van der Waals surface area contributed by atoms with Gasteiger partial charge in [-0.25, -0.2) is 4.79 Å². The predicted molar refractivity (Wildman–Crippen MR) is 63.2 cm³/mol. The fourth-order valence-corrected chi connectivity index (χ4v) is 1.80. The Labute approximate surface area is 102 Å². The molecule has 1 aliphatic rings. The summed E-state index contributed by atoms with van der Waals surface area (Å²) in [4.78, 5) is 35.0. The largest absolute Gasteiger partial charge is 0.478 e. The average Bonchev–Trinajstić information content (AvgIpc) is 2.27. The molecule has 0 saturated carbocycles. The molecule has 0 radical (unpaired) electrons. The van der Waals surface area contributed by atoms with Gasteiger partial charge in [0.15, 0.2) is 0 Å². The summed E-state index contributed by atoms with van der Waals surface area (Å²) in [7, 11) is 0. The van der Waals surface area contributed by atoms with Crippen LogP contribution in [-0.2, 0) is 9.59 Å². The van der Waals surface area contributed by atoms with Crippen LogP contribution in [0.4, 0.5) is 11.4 Å². The number of imide groups is 1. The maximum atomic E-state index is 11.3. The number of benzene rings is 1. The normalized spacial score (nSPS) is 15.4. The van der Waals surface area contributed by atoms with Gasteiger partial charge in [-0.3, -0.25) is 14.9 Å². The van der Waals surface area contributed by atoms with Crippen molar-refractivity contribution in [3.63, 3.8) is 0 Å². The average molecular weight is 249 g/mol. The van der Waals surface area contributed by atoms with E-state index < -0.39 is 17.8 Å². The van der Waals surface area contributed by atoms with Gasteiger partial charge >= 0.3 is 5.97 Å². The molecule has 7 heteroatoms. The molecule has 4 N–H and O–H groups in total. The first-order chi connectivity index (χ1) is 8.47.